The molecule has 0 spiro atoms. The molecule has 1 aromatic rings. The fourth-order valence-corrected chi connectivity index (χ4v) is 2.96. The van der Waals surface area contributed by atoms with E-state index in [0.29, 0.717) is 11.5 Å². The standard InChI is InChI=1S/C15H20F2O/c1-2-10-4-3-5-11(8-10)15(18)12-6-7-13(16)14(17)9-12/h6-7,9-11,15,18H,2-5,8H2,1H3. The largest absolute Gasteiger partial charge is 0.388 e. The van der Waals surface area contributed by atoms with Crippen LogP contribution in [0.4, 0.5) is 8.78 Å². The first-order chi connectivity index (χ1) is 8.61. The molecule has 0 aromatic heterocycles. The van der Waals surface area contributed by atoms with E-state index in [0.717, 1.165) is 37.8 Å². The Labute approximate surface area is 107 Å². The highest BCUT2D eigenvalue weighted by molar-refractivity contribution is 5.20. The lowest BCUT2D eigenvalue weighted by atomic mass is 9.76. The molecule has 0 heterocycles. The minimum Gasteiger partial charge on any atom is -0.388 e. The van der Waals surface area contributed by atoms with E-state index in [9.17, 15) is 13.9 Å². The third-order valence-electron chi connectivity index (χ3n) is 4.13. The van der Waals surface area contributed by atoms with E-state index in [2.05, 4.69) is 6.92 Å². The second-order valence-corrected chi connectivity index (χ2v) is 5.32. The van der Waals surface area contributed by atoms with E-state index < -0.39 is 17.7 Å². The highest BCUT2D eigenvalue weighted by atomic mass is 19.2. The first-order valence-corrected chi connectivity index (χ1v) is 6.74. The first-order valence-electron chi connectivity index (χ1n) is 6.74. The molecular weight excluding hydrogens is 234 g/mol. The molecule has 3 unspecified atom stereocenters. The van der Waals surface area contributed by atoms with Gasteiger partial charge < -0.3 is 5.11 Å². The van der Waals surface area contributed by atoms with Crippen molar-refractivity contribution >= 4 is 0 Å². The van der Waals surface area contributed by atoms with Crippen LogP contribution in [0.15, 0.2) is 18.2 Å². The van der Waals surface area contributed by atoms with Crippen LogP contribution in [-0.4, -0.2) is 5.11 Å². The summed E-state index contributed by atoms with van der Waals surface area (Å²) in [6, 6.07) is 3.70. The van der Waals surface area contributed by atoms with E-state index in [1.807, 2.05) is 0 Å². The number of hydrogen-bond acceptors (Lipinski definition) is 1. The van der Waals surface area contributed by atoms with Crippen molar-refractivity contribution in [3.8, 4) is 0 Å². The summed E-state index contributed by atoms with van der Waals surface area (Å²) in [4.78, 5) is 0. The second kappa shape index (κ2) is 5.79. The van der Waals surface area contributed by atoms with E-state index in [-0.39, 0.29) is 5.92 Å². The molecule has 1 fully saturated rings. The molecule has 0 aliphatic heterocycles. The van der Waals surface area contributed by atoms with E-state index >= 15 is 0 Å². The monoisotopic (exact) mass is 254 g/mol. The molecule has 1 aromatic carbocycles. The summed E-state index contributed by atoms with van der Waals surface area (Å²) in [5.74, 6) is -0.910. The SMILES string of the molecule is CCC1CCCC(C(O)c2ccc(F)c(F)c2)C1. The average Bonchev–Trinajstić information content (AvgIpc) is 2.41. The van der Waals surface area contributed by atoms with Crippen LogP contribution < -0.4 is 0 Å². The molecule has 18 heavy (non-hydrogen) atoms. The fraction of sp³-hybridized carbons (Fsp3) is 0.600. The predicted octanol–water partition coefficient (Wildman–Crippen LogP) is 4.21. The summed E-state index contributed by atoms with van der Waals surface area (Å²) in [5, 5.41) is 10.3. The van der Waals surface area contributed by atoms with Gasteiger partial charge in [-0.05, 0) is 42.4 Å². The molecule has 1 saturated carbocycles. The number of benzene rings is 1. The zero-order valence-corrected chi connectivity index (χ0v) is 10.7. The number of halogens is 2. The van der Waals surface area contributed by atoms with E-state index in [1.165, 1.54) is 12.5 Å². The highest BCUT2D eigenvalue weighted by Gasteiger charge is 2.27. The van der Waals surface area contributed by atoms with Crippen LogP contribution in [0, 0.1) is 23.5 Å². The lowest BCUT2D eigenvalue weighted by Crippen LogP contribution is -2.21. The van der Waals surface area contributed by atoms with Crippen molar-refractivity contribution in [2.24, 2.45) is 11.8 Å². The predicted molar refractivity (Wildman–Crippen MR) is 67.1 cm³/mol. The highest BCUT2D eigenvalue weighted by Crippen LogP contribution is 2.38. The number of rotatable bonds is 3. The maximum atomic E-state index is 13.2. The summed E-state index contributed by atoms with van der Waals surface area (Å²) in [5.41, 5.74) is 0.496. The van der Waals surface area contributed by atoms with E-state index in [4.69, 9.17) is 0 Å². The summed E-state index contributed by atoms with van der Waals surface area (Å²) in [6.45, 7) is 2.16. The molecule has 2 rings (SSSR count). The van der Waals surface area contributed by atoms with Gasteiger partial charge >= 0.3 is 0 Å². The van der Waals surface area contributed by atoms with Crippen LogP contribution in [0.1, 0.15) is 50.7 Å². The second-order valence-electron chi connectivity index (χ2n) is 5.32. The minimum atomic E-state index is -0.880. The van der Waals surface area contributed by atoms with Gasteiger partial charge in [0.15, 0.2) is 11.6 Å². The summed E-state index contributed by atoms with van der Waals surface area (Å²) < 4.78 is 26.0. The van der Waals surface area contributed by atoms with Gasteiger partial charge in [-0.3, -0.25) is 0 Å². The van der Waals surface area contributed by atoms with Gasteiger partial charge in [0.05, 0.1) is 6.10 Å². The first kappa shape index (κ1) is 13.5. The van der Waals surface area contributed by atoms with Crippen LogP contribution >= 0.6 is 0 Å². The topological polar surface area (TPSA) is 20.2 Å². The van der Waals surface area contributed by atoms with Crippen molar-refractivity contribution in [1.82, 2.24) is 0 Å². The summed E-state index contributed by atoms with van der Waals surface area (Å²) in [6.07, 6.45) is 4.74. The Morgan fingerprint density at radius 3 is 2.72 bits per heavy atom. The molecule has 3 heteroatoms. The van der Waals surface area contributed by atoms with Gasteiger partial charge in [0.2, 0.25) is 0 Å². The van der Waals surface area contributed by atoms with Gasteiger partial charge in [0, 0.05) is 0 Å². The molecule has 1 nitrogen and oxygen atoms in total. The smallest absolute Gasteiger partial charge is 0.159 e. The third kappa shape index (κ3) is 2.89. The maximum Gasteiger partial charge on any atom is 0.159 e. The van der Waals surface area contributed by atoms with E-state index in [1.54, 1.807) is 0 Å². The Bertz CT molecular complexity index is 405. The van der Waals surface area contributed by atoms with Crippen molar-refractivity contribution < 1.29 is 13.9 Å². The molecule has 1 aliphatic rings. The van der Waals surface area contributed by atoms with Crippen LogP contribution in [0.25, 0.3) is 0 Å². The maximum absolute atomic E-state index is 13.2. The van der Waals surface area contributed by atoms with Crippen LogP contribution in [-0.2, 0) is 0 Å². The minimum absolute atomic E-state index is 0.175. The molecule has 1 N–H and O–H groups in total. The molecule has 0 saturated heterocycles. The zero-order chi connectivity index (χ0) is 13.1. The Morgan fingerprint density at radius 2 is 2.06 bits per heavy atom. The Kier molecular flexibility index (Phi) is 4.33. The fourth-order valence-electron chi connectivity index (χ4n) is 2.96. The quantitative estimate of drug-likeness (QED) is 0.856. The number of aliphatic hydroxyl groups is 1. The van der Waals surface area contributed by atoms with Crippen molar-refractivity contribution in [3.63, 3.8) is 0 Å². The van der Waals surface area contributed by atoms with Crippen LogP contribution in [0.2, 0.25) is 0 Å². The lowest BCUT2D eigenvalue weighted by molar-refractivity contribution is 0.0675. The Balaban J connectivity index is 2.10. The van der Waals surface area contributed by atoms with Gasteiger partial charge in [0.25, 0.3) is 0 Å². The van der Waals surface area contributed by atoms with Crippen molar-refractivity contribution in [2.75, 3.05) is 0 Å². The molecular formula is C15H20F2O. The van der Waals surface area contributed by atoms with Crippen LogP contribution in [0.5, 0.6) is 0 Å². The molecule has 100 valence electrons. The summed E-state index contributed by atoms with van der Waals surface area (Å²) in [7, 11) is 0. The van der Waals surface area contributed by atoms with Gasteiger partial charge in [-0.1, -0.05) is 32.3 Å². The molecule has 0 bridgehead atoms. The molecule has 0 amide bonds. The lowest BCUT2D eigenvalue weighted by Gasteiger charge is -2.32. The van der Waals surface area contributed by atoms with Crippen molar-refractivity contribution in [1.29, 1.82) is 0 Å². The van der Waals surface area contributed by atoms with Gasteiger partial charge in [-0.2, -0.15) is 0 Å². The van der Waals surface area contributed by atoms with Crippen molar-refractivity contribution in [3.05, 3.63) is 35.4 Å². The summed E-state index contributed by atoms with van der Waals surface area (Å²) >= 11 is 0. The zero-order valence-electron chi connectivity index (χ0n) is 10.7. The van der Waals surface area contributed by atoms with Gasteiger partial charge in [0.1, 0.15) is 0 Å². The van der Waals surface area contributed by atoms with Crippen LogP contribution in [0.3, 0.4) is 0 Å². The normalized spacial score (nSPS) is 26.0. The number of hydrogen-bond donors (Lipinski definition) is 1. The Morgan fingerprint density at radius 1 is 1.28 bits per heavy atom. The average molecular weight is 254 g/mol. The Hall–Kier alpha value is -0.960. The van der Waals surface area contributed by atoms with Gasteiger partial charge in [-0.25, -0.2) is 8.78 Å². The van der Waals surface area contributed by atoms with Crippen molar-refractivity contribution in [2.45, 2.75) is 45.1 Å². The third-order valence-corrected chi connectivity index (χ3v) is 4.13. The molecule has 0 radical (unpaired) electrons. The molecule has 1 aliphatic carbocycles. The van der Waals surface area contributed by atoms with Gasteiger partial charge in [-0.15, -0.1) is 0 Å². The molecule has 3 atom stereocenters. The number of aliphatic hydroxyl groups excluding tert-OH is 1.